The highest BCUT2D eigenvalue weighted by molar-refractivity contribution is 5.81. The molecule has 2 fully saturated rings. The van der Waals surface area contributed by atoms with Gasteiger partial charge in [0.05, 0.1) is 11.0 Å². The summed E-state index contributed by atoms with van der Waals surface area (Å²) >= 11 is 0. The summed E-state index contributed by atoms with van der Waals surface area (Å²) in [6.07, 6.45) is 11.0. The van der Waals surface area contributed by atoms with Crippen LogP contribution in [0.2, 0.25) is 0 Å². The van der Waals surface area contributed by atoms with Crippen molar-refractivity contribution in [1.29, 1.82) is 0 Å². The van der Waals surface area contributed by atoms with E-state index in [2.05, 4.69) is 22.0 Å². The first kappa shape index (κ1) is 15.7. The van der Waals surface area contributed by atoms with Crippen LogP contribution in [-0.2, 0) is 11.3 Å². The van der Waals surface area contributed by atoms with Crippen molar-refractivity contribution in [2.45, 2.75) is 76.3 Å². The molecule has 1 aromatic carbocycles. The van der Waals surface area contributed by atoms with Gasteiger partial charge in [-0.1, -0.05) is 44.2 Å². The third-order valence-electron chi connectivity index (χ3n) is 5.68. The molecule has 4 heteroatoms. The molecular formula is C20H27N3O. The summed E-state index contributed by atoms with van der Waals surface area (Å²) in [5.41, 5.74) is 2.12. The molecule has 4 nitrogen and oxygen atoms in total. The molecule has 128 valence electrons. The Labute approximate surface area is 143 Å². The molecule has 0 bridgehead atoms. The minimum absolute atomic E-state index is 0.141. The van der Waals surface area contributed by atoms with E-state index in [0.717, 1.165) is 29.7 Å². The minimum atomic E-state index is 0.141. The van der Waals surface area contributed by atoms with Gasteiger partial charge in [-0.25, -0.2) is 4.98 Å². The number of hydrogen-bond acceptors (Lipinski definition) is 2. The van der Waals surface area contributed by atoms with E-state index in [1.165, 1.54) is 44.9 Å². The van der Waals surface area contributed by atoms with Gasteiger partial charge in [0.1, 0.15) is 12.4 Å². The fraction of sp³-hybridized carbons (Fsp3) is 0.600. The van der Waals surface area contributed by atoms with Crippen LogP contribution in [0.3, 0.4) is 0 Å². The van der Waals surface area contributed by atoms with Gasteiger partial charge in [-0.15, -0.1) is 0 Å². The van der Waals surface area contributed by atoms with E-state index in [1.54, 1.807) is 0 Å². The van der Waals surface area contributed by atoms with Crippen molar-refractivity contribution in [3.05, 3.63) is 30.1 Å². The zero-order valence-corrected chi connectivity index (χ0v) is 14.3. The average Bonchev–Trinajstić information content (AvgIpc) is 3.24. The zero-order valence-electron chi connectivity index (χ0n) is 14.3. The van der Waals surface area contributed by atoms with E-state index in [1.807, 2.05) is 12.1 Å². The predicted molar refractivity (Wildman–Crippen MR) is 96.0 cm³/mol. The molecule has 24 heavy (non-hydrogen) atoms. The number of carbonyl (C=O) groups excluding carboxylic acids is 1. The molecule has 2 aliphatic carbocycles. The number of amides is 1. The number of fused-ring (bicyclic) bond motifs is 1. The van der Waals surface area contributed by atoms with E-state index in [0.29, 0.717) is 18.5 Å². The fourth-order valence-corrected chi connectivity index (χ4v) is 4.42. The largest absolute Gasteiger partial charge is 0.352 e. The molecule has 2 aromatic rings. The predicted octanol–water partition coefficient (Wildman–Crippen LogP) is 4.14. The second-order valence-electron chi connectivity index (χ2n) is 7.43. The zero-order chi connectivity index (χ0) is 16.4. The van der Waals surface area contributed by atoms with Crippen molar-refractivity contribution in [1.82, 2.24) is 14.9 Å². The first-order chi connectivity index (χ1) is 11.8. The summed E-state index contributed by atoms with van der Waals surface area (Å²) in [5, 5.41) is 3.22. The number of nitrogens with zero attached hydrogens (tertiary/aromatic N) is 2. The molecule has 1 amide bonds. The molecule has 0 unspecified atom stereocenters. The van der Waals surface area contributed by atoms with Crippen molar-refractivity contribution in [2.75, 3.05) is 0 Å². The number of para-hydroxylation sites is 2. The lowest BCUT2D eigenvalue weighted by Crippen LogP contribution is -2.35. The Morgan fingerprint density at radius 1 is 1.04 bits per heavy atom. The van der Waals surface area contributed by atoms with Crippen LogP contribution >= 0.6 is 0 Å². The molecule has 1 heterocycles. The molecule has 0 radical (unpaired) electrons. The number of hydrogen-bond donors (Lipinski definition) is 1. The second-order valence-corrected chi connectivity index (χ2v) is 7.43. The standard InChI is InChI=1S/C20H27N3O/c24-19(21-16-10-4-5-11-16)14-23-18-13-7-6-12-17(18)22-20(23)15-8-2-1-3-9-15/h6-7,12-13,15-16H,1-5,8-11,14H2,(H,21,24). The number of nitrogens with one attached hydrogen (secondary N) is 1. The van der Waals surface area contributed by atoms with Gasteiger partial charge < -0.3 is 9.88 Å². The SMILES string of the molecule is O=C(Cn1c(C2CCCCC2)nc2ccccc21)NC1CCCC1. The Morgan fingerprint density at radius 3 is 2.54 bits per heavy atom. The number of aromatic nitrogens is 2. The minimum Gasteiger partial charge on any atom is -0.352 e. The van der Waals surface area contributed by atoms with Crippen LogP contribution in [0.5, 0.6) is 0 Å². The monoisotopic (exact) mass is 325 g/mol. The lowest BCUT2D eigenvalue weighted by Gasteiger charge is -2.22. The maximum atomic E-state index is 12.6. The Balaban J connectivity index is 1.60. The van der Waals surface area contributed by atoms with Crippen LogP contribution in [0.1, 0.15) is 69.5 Å². The average molecular weight is 325 g/mol. The molecule has 0 atom stereocenters. The number of rotatable bonds is 4. The smallest absolute Gasteiger partial charge is 0.240 e. The van der Waals surface area contributed by atoms with Crippen LogP contribution in [0.25, 0.3) is 11.0 Å². The Morgan fingerprint density at radius 2 is 1.75 bits per heavy atom. The first-order valence-electron chi connectivity index (χ1n) is 9.56. The van der Waals surface area contributed by atoms with Crippen molar-refractivity contribution in [3.63, 3.8) is 0 Å². The van der Waals surface area contributed by atoms with E-state index in [4.69, 9.17) is 4.98 Å². The van der Waals surface area contributed by atoms with Gasteiger partial charge in [0.15, 0.2) is 0 Å². The topological polar surface area (TPSA) is 46.9 Å². The third kappa shape index (κ3) is 3.19. The Hall–Kier alpha value is -1.84. The lowest BCUT2D eigenvalue weighted by atomic mass is 9.88. The van der Waals surface area contributed by atoms with E-state index in [9.17, 15) is 4.79 Å². The van der Waals surface area contributed by atoms with E-state index < -0.39 is 0 Å². The summed E-state index contributed by atoms with van der Waals surface area (Å²) in [4.78, 5) is 17.5. The second kappa shape index (κ2) is 6.96. The van der Waals surface area contributed by atoms with Crippen molar-refractivity contribution >= 4 is 16.9 Å². The summed E-state index contributed by atoms with van der Waals surface area (Å²) in [6, 6.07) is 8.61. The molecule has 1 N–H and O–H groups in total. The van der Waals surface area contributed by atoms with Gasteiger partial charge in [0.25, 0.3) is 0 Å². The Bertz CT molecular complexity index is 709. The molecular weight excluding hydrogens is 298 g/mol. The van der Waals surface area contributed by atoms with Crippen molar-refractivity contribution < 1.29 is 4.79 Å². The third-order valence-corrected chi connectivity index (χ3v) is 5.68. The summed E-state index contributed by atoms with van der Waals surface area (Å²) < 4.78 is 2.18. The molecule has 2 aliphatic rings. The maximum absolute atomic E-state index is 12.6. The van der Waals surface area contributed by atoms with Gasteiger partial charge in [-0.05, 0) is 37.8 Å². The maximum Gasteiger partial charge on any atom is 0.240 e. The fourth-order valence-electron chi connectivity index (χ4n) is 4.42. The van der Waals surface area contributed by atoms with E-state index in [-0.39, 0.29) is 5.91 Å². The molecule has 1 aromatic heterocycles. The van der Waals surface area contributed by atoms with Gasteiger partial charge in [-0.2, -0.15) is 0 Å². The highest BCUT2D eigenvalue weighted by atomic mass is 16.2. The van der Waals surface area contributed by atoms with Crippen LogP contribution in [0.4, 0.5) is 0 Å². The van der Waals surface area contributed by atoms with Crippen LogP contribution in [-0.4, -0.2) is 21.5 Å². The Kier molecular flexibility index (Phi) is 4.54. The quantitative estimate of drug-likeness (QED) is 0.918. The van der Waals surface area contributed by atoms with Gasteiger partial charge >= 0.3 is 0 Å². The van der Waals surface area contributed by atoms with Crippen LogP contribution < -0.4 is 5.32 Å². The van der Waals surface area contributed by atoms with Gasteiger partial charge in [0, 0.05) is 12.0 Å². The summed E-state index contributed by atoms with van der Waals surface area (Å²) in [7, 11) is 0. The van der Waals surface area contributed by atoms with Crippen molar-refractivity contribution in [2.24, 2.45) is 0 Å². The van der Waals surface area contributed by atoms with Gasteiger partial charge in [0.2, 0.25) is 5.91 Å². The summed E-state index contributed by atoms with van der Waals surface area (Å²) in [6.45, 7) is 0.406. The molecule has 2 saturated carbocycles. The van der Waals surface area contributed by atoms with Gasteiger partial charge in [-0.3, -0.25) is 4.79 Å². The first-order valence-corrected chi connectivity index (χ1v) is 9.56. The lowest BCUT2D eigenvalue weighted by molar-refractivity contribution is -0.122. The summed E-state index contributed by atoms with van der Waals surface area (Å²) in [5.74, 6) is 1.77. The van der Waals surface area contributed by atoms with Crippen LogP contribution in [0.15, 0.2) is 24.3 Å². The normalized spacial score (nSPS) is 19.8. The van der Waals surface area contributed by atoms with E-state index >= 15 is 0 Å². The number of carbonyl (C=O) groups is 1. The molecule has 0 saturated heterocycles. The number of imidazole rings is 1. The van der Waals surface area contributed by atoms with Crippen molar-refractivity contribution in [3.8, 4) is 0 Å². The van der Waals surface area contributed by atoms with Crippen LogP contribution in [0, 0.1) is 0 Å². The molecule has 0 spiro atoms. The molecule has 4 rings (SSSR count). The molecule has 0 aliphatic heterocycles. The highest BCUT2D eigenvalue weighted by Crippen LogP contribution is 2.33. The number of benzene rings is 1. The highest BCUT2D eigenvalue weighted by Gasteiger charge is 2.24.